The van der Waals surface area contributed by atoms with Crippen LogP contribution in [0.1, 0.15) is 21.6 Å². The molecule has 3 nitrogen and oxygen atoms in total. The number of hydrogen-bond donors (Lipinski definition) is 0. The summed E-state index contributed by atoms with van der Waals surface area (Å²) in [5.74, 6) is -0.130. The zero-order valence-electron chi connectivity index (χ0n) is 8.95. The number of nitrogens with zero attached hydrogens (tertiary/aromatic N) is 2. The van der Waals surface area contributed by atoms with E-state index in [1.165, 1.54) is 0 Å². The molecule has 0 atom stereocenters. The average molecular weight is 356 g/mol. The first kappa shape index (κ1) is 12.4. The Balaban J connectivity index is 2.48. The second-order valence-corrected chi connectivity index (χ2v) is 5.27. The third-order valence-electron chi connectivity index (χ3n) is 2.31. The quantitative estimate of drug-likeness (QED) is 0.774. The summed E-state index contributed by atoms with van der Waals surface area (Å²) in [6, 6.07) is 3.60. The summed E-state index contributed by atoms with van der Waals surface area (Å²) >= 11 is 6.64. The van der Waals surface area contributed by atoms with Gasteiger partial charge in [0.15, 0.2) is 0 Å². The Kier molecular flexibility index (Phi) is 3.69. The highest BCUT2D eigenvalue weighted by Crippen LogP contribution is 2.22. The van der Waals surface area contributed by atoms with E-state index in [0.29, 0.717) is 15.7 Å². The Morgan fingerprint density at radius 2 is 2.06 bits per heavy atom. The van der Waals surface area contributed by atoms with Gasteiger partial charge in [0.25, 0.3) is 0 Å². The highest BCUT2D eigenvalue weighted by Gasteiger charge is 2.16. The number of carbonyl (C=O) groups excluding carboxylic acids is 1. The molecule has 2 heterocycles. The molecule has 2 rings (SSSR count). The standard InChI is InChI=1S/C12H8Br2N2O/c1-7-2-3-15-6-9(7)12(17)11-10(14)4-8(13)5-16-11/h2-6H,1H3. The number of carbonyl (C=O) groups is 1. The molecule has 0 N–H and O–H groups in total. The van der Waals surface area contributed by atoms with Gasteiger partial charge in [-0.1, -0.05) is 0 Å². The lowest BCUT2D eigenvalue weighted by atomic mass is 10.1. The summed E-state index contributed by atoms with van der Waals surface area (Å²) in [6.07, 6.45) is 4.83. The van der Waals surface area contributed by atoms with Crippen LogP contribution in [0.2, 0.25) is 0 Å². The van der Waals surface area contributed by atoms with Gasteiger partial charge >= 0.3 is 0 Å². The maximum absolute atomic E-state index is 12.3. The Labute approximate surface area is 116 Å². The van der Waals surface area contributed by atoms with Crippen molar-refractivity contribution in [2.45, 2.75) is 6.92 Å². The van der Waals surface area contributed by atoms with Crippen molar-refractivity contribution < 1.29 is 4.79 Å². The van der Waals surface area contributed by atoms with E-state index in [1.54, 1.807) is 30.7 Å². The molecule has 0 aliphatic rings. The van der Waals surface area contributed by atoms with E-state index in [1.807, 2.05) is 6.92 Å². The zero-order chi connectivity index (χ0) is 12.4. The van der Waals surface area contributed by atoms with E-state index in [4.69, 9.17) is 0 Å². The van der Waals surface area contributed by atoms with Gasteiger partial charge in [-0.2, -0.15) is 0 Å². The highest BCUT2D eigenvalue weighted by molar-refractivity contribution is 9.11. The fraction of sp³-hybridized carbons (Fsp3) is 0.0833. The molecule has 17 heavy (non-hydrogen) atoms. The third kappa shape index (κ3) is 2.61. The number of pyridine rings is 2. The molecule has 5 heteroatoms. The van der Waals surface area contributed by atoms with Crippen molar-refractivity contribution in [3.8, 4) is 0 Å². The molecule has 0 spiro atoms. The third-order valence-corrected chi connectivity index (χ3v) is 3.34. The number of halogens is 2. The Morgan fingerprint density at radius 3 is 2.71 bits per heavy atom. The van der Waals surface area contributed by atoms with Crippen molar-refractivity contribution >= 4 is 37.6 Å². The maximum Gasteiger partial charge on any atom is 0.214 e. The second-order valence-electron chi connectivity index (χ2n) is 3.50. The van der Waals surface area contributed by atoms with E-state index < -0.39 is 0 Å². The van der Waals surface area contributed by atoms with Crippen molar-refractivity contribution in [1.82, 2.24) is 9.97 Å². The van der Waals surface area contributed by atoms with Crippen LogP contribution in [0.4, 0.5) is 0 Å². The van der Waals surface area contributed by atoms with Crippen molar-refractivity contribution in [3.63, 3.8) is 0 Å². The predicted molar refractivity (Wildman–Crippen MR) is 72.0 cm³/mol. The van der Waals surface area contributed by atoms with Crippen LogP contribution in [0.15, 0.2) is 39.7 Å². The average Bonchev–Trinajstić information content (AvgIpc) is 2.29. The summed E-state index contributed by atoms with van der Waals surface area (Å²) in [4.78, 5) is 20.3. The lowest BCUT2D eigenvalue weighted by Crippen LogP contribution is -2.07. The summed E-state index contributed by atoms with van der Waals surface area (Å²) in [5, 5.41) is 0. The minimum atomic E-state index is -0.130. The predicted octanol–water partition coefficient (Wildman–Crippen LogP) is 3.54. The van der Waals surface area contributed by atoms with Crippen LogP contribution in [0.25, 0.3) is 0 Å². The van der Waals surface area contributed by atoms with E-state index >= 15 is 0 Å². The van der Waals surface area contributed by atoms with Crippen molar-refractivity contribution in [2.75, 3.05) is 0 Å². The molecule has 0 aliphatic carbocycles. The monoisotopic (exact) mass is 354 g/mol. The summed E-state index contributed by atoms with van der Waals surface area (Å²) in [6.45, 7) is 1.88. The topological polar surface area (TPSA) is 42.9 Å². The number of aromatic nitrogens is 2. The van der Waals surface area contributed by atoms with Crippen molar-refractivity contribution in [1.29, 1.82) is 0 Å². The molecule has 0 radical (unpaired) electrons. The second kappa shape index (κ2) is 5.06. The molecule has 0 unspecified atom stereocenters. The van der Waals surface area contributed by atoms with E-state index in [-0.39, 0.29) is 5.78 Å². The number of aryl methyl sites for hydroxylation is 1. The highest BCUT2D eigenvalue weighted by atomic mass is 79.9. The Bertz CT molecular complexity index is 584. The molecule has 0 bridgehead atoms. The summed E-state index contributed by atoms with van der Waals surface area (Å²) in [7, 11) is 0. The van der Waals surface area contributed by atoms with Gasteiger partial charge in [0.05, 0.1) is 0 Å². The van der Waals surface area contributed by atoms with Gasteiger partial charge in [-0.3, -0.25) is 14.8 Å². The maximum atomic E-state index is 12.3. The van der Waals surface area contributed by atoms with Gasteiger partial charge in [0.1, 0.15) is 5.69 Å². The largest absolute Gasteiger partial charge is 0.287 e. The molecule has 0 saturated carbocycles. The van der Waals surface area contributed by atoms with Gasteiger partial charge in [0, 0.05) is 33.1 Å². The van der Waals surface area contributed by atoms with Gasteiger partial charge in [0.2, 0.25) is 5.78 Å². The molecule has 0 amide bonds. The first-order chi connectivity index (χ1) is 8.09. The Hall–Kier alpha value is -1.07. The number of hydrogen-bond acceptors (Lipinski definition) is 3. The first-order valence-electron chi connectivity index (χ1n) is 4.86. The van der Waals surface area contributed by atoms with E-state index in [0.717, 1.165) is 10.0 Å². The van der Waals surface area contributed by atoms with Gasteiger partial charge in [-0.15, -0.1) is 0 Å². The van der Waals surface area contributed by atoms with E-state index in [9.17, 15) is 4.79 Å². The number of rotatable bonds is 2. The van der Waals surface area contributed by atoms with Crippen LogP contribution >= 0.6 is 31.9 Å². The molecule has 0 saturated heterocycles. The molecule has 0 fully saturated rings. The van der Waals surface area contributed by atoms with E-state index in [2.05, 4.69) is 41.8 Å². The van der Waals surface area contributed by atoms with Crippen LogP contribution in [0, 0.1) is 6.92 Å². The minimum absolute atomic E-state index is 0.130. The molecule has 0 aliphatic heterocycles. The number of ketones is 1. The zero-order valence-corrected chi connectivity index (χ0v) is 12.1. The fourth-order valence-corrected chi connectivity index (χ4v) is 2.58. The van der Waals surface area contributed by atoms with Crippen LogP contribution in [0.5, 0.6) is 0 Å². The molecular formula is C12H8Br2N2O. The molecule has 2 aromatic rings. The minimum Gasteiger partial charge on any atom is -0.287 e. The van der Waals surface area contributed by atoms with Crippen LogP contribution in [-0.4, -0.2) is 15.8 Å². The van der Waals surface area contributed by atoms with Crippen molar-refractivity contribution in [3.05, 3.63) is 56.5 Å². The first-order valence-corrected chi connectivity index (χ1v) is 6.44. The SMILES string of the molecule is Cc1ccncc1C(=O)c1ncc(Br)cc1Br. The molecule has 0 aromatic carbocycles. The smallest absolute Gasteiger partial charge is 0.214 e. The van der Waals surface area contributed by atoms with Gasteiger partial charge in [-0.05, 0) is 56.5 Å². The normalized spacial score (nSPS) is 10.3. The molecular weight excluding hydrogens is 348 g/mol. The van der Waals surface area contributed by atoms with Gasteiger partial charge < -0.3 is 0 Å². The summed E-state index contributed by atoms with van der Waals surface area (Å²) < 4.78 is 1.49. The van der Waals surface area contributed by atoms with Gasteiger partial charge in [-0.25, -0.2) is 0 Å². The molecule has 2 aromatic heterocycles. The lowest BCUT2D eigenvalue weighted by molar-refractivity contribution is 0.103. The lowest BCUT2D eigenvalue weighted by Gasteiger charge is -2.05. The van der Waals surface area contributed by atoms with Crippen LogP contribution in [0.3, 0.4) is 0 Å². The Morgan fingerprint density at radius 1 is 1.29 bits per heavy atom. The van der Waals surface area contributed by atoms with Crippen LogP contribution in [-0.2, 0) is 0 Å². The summed E-state index contributed by atoms with van der Waals surface area (Å²) in [5.41, 5.74) is 1.86. The fourth-order valence-electron chi connectivity index (χ4n) is 1.41. The van der Waals surface area contributed by atoms with Crippen LogP contribution < -0.4 is 0 Å². The van der Waals surface area contributed by atoms with Crippen molar-refractivity contribution in [2.24, 2.45) is 0 Å². The molecule has 86 valence electrons.